The maximum Gasteiger partial charge on any atom is 0.307 e. The maximum atomic E-state index is 12.8. The Morgan fingerprint density at radius 2 is 2.27 bits per heavy atom. The van der Waals surface area contributed by atoms with Crippen molar-refractivity contribution in [1.29, 1.82) is 0 Å². The van der Waals surface area contributed by atoms with Gasteiger partial charge < -0.3 is 5.11 Å². The molecule has 0 radical (unpaired) electrons. The molecule has 76 valence electrons. The molecule has 0 saturated carbocycles. The van der Waals surface area contributed by atoms with Crippen molar-refractivity contribution in [2.24, 2.45) is 0 Å². The van der Waals surface area contributed by atoms with E-state index in [0.717, 1.165) is 12.1 Å². The third-order valence-corrected chi connectivity index (χ3v) is 1.68. The lowest BCUT2D eigenvalue weighted by Crippen LogP contribution is -2.02. The summed E-state index contributed by atoms with van der Waals surface area (Å²) in [7, 11) is 0. The van der Waals surface area contributed by atoms with Gasteiger partial charge in [-0.1, -0.05) is 12.0 Å². The van der Waals surface area contributed by atoms with Crippen LogP contribution in [0.15, 0.2) is 18.2 Å². The van der Waals surface area contributed by atoms with E-state index in [1.807, 2.05) is 0 Å². The van der Waals surface area contributed by atoms with Crippen LogP contribution < -0.4 is 0 Å². The first-order valence-corrected chi connectivity index (χ1v) is 4.09. The van der Waals surface area contributed by atoms with Gasteiger partial charge >= 0.3 is 5.97 Å². The molecule has 1 rings (SSSR count). The van der Waals surface area contributed by atoms with Crippen molar-refractivity contribution < 1.29 is 19.1 Å². The standard InChI is InChI=1S/C11H7FO3/c12-10-4-3-9(7-11(14)15)8(6-10)2-1-5-13/h3-6H,7H2,(H,14,15). The maximum absolute atomic E-state index is 12.8. The molecule has 1 N–H and O–H groups in total. The Kier molecular flexibility index (Phi) is 3.58. The van der Waals surface area contributed by atoms with E-state index in [4.69, 9.17) is 5.11 Å². The van der Waals surface area contributed by atoms with Gasteiger partial charge in [-0.25, -0.2) is 4.39 Å². The van der Waals surface area contributed by atoms with Crippen molar-refractivity contribution in [3.05, 3.63) is 35.1 Å². The summed E-state index contributed by atoms with van der Waals surface area (Å²) in [6.07, 6.45) is 0.124. The van der Waals surface area contributed by atoms with Gasteiger partial charge in [-0.15, -0.1) is 0 Å². The Bertz CT molecular complexity index is 455. The Labute approximate surface area is 85.5 Å². The van der Waals surface area contributed by atoms with E-state index in [2.05, 4.69) is 11.8 Å². The number of carbonyl (C=O) groups is 2. The van der Waals surface area contributed by atoms with Gasteiger partial charge in [-0.2, -0.15) is 0 Å². The monoisotopic (exact) mass is 206 g/mol. The lowest BCUT2D eigenvalue weighted by molar-refractivity contribution is -0.136. The first-order valence-electron chi connectivity index (χ1n) is 4.09. The Morgan fingerprint density at radius 3 is 2.87 bits per heavy atom. The smallest absolute Gasteiger partial charge is 0.307 e. The van der Waals surface area contributed by atoms with E-state index >= 15 is 0 Å². The highest BCUT2D eigenvalue weighted by Gasteiger charge is 2.06. The molecule has 0 heterocycles. The van der Waals surface area contributed by atoms with Gasteiger partial charge in [0.2, 0.25) is 0 Å². The molecule has 0 amide bonds. The predicted octanol–water partition coefficient (Wildman–Crippen LogP) is 1.00. The fraction of sp³-hybridized carbons (Fsp3) is 0.0909. The molecule has 0 spiro atoms. The number of hydrogen-bond acceptors (Lipinski definition) is 2. The number of halogens is 1. The summed E-state index contributed by atoms with van der Waals surface area (Å²) in [6.45, 7) is 0. The quantitative estimate of drug-likeness (QED) is 0.580. The zero-order valence-electron chi connectivity index (χ0n) is 7.66. The summed E-state index contributed by atoms with van der Waals surface area (Å²) < 4.78 is 12.8. The molecule has 1 aromatic rings. The lowest BCUT2D eigenvalue weighted by atomic mass is 10.0. The zero-order valence-corrected chi connectivity index (χ0v) is 7.66. The molecule has 0 aliphatic rings. The molecule has 3 nitrogen and oxygen atoms in total. The minimum atomic E-state index is -1.03. The normalized spacial score (nSPS) is 8.87. The number of benzene rings is 1. The topological polar surface area (TPSA) is 54.4 Å². The largest absolute Gasteiger partial charge is 0.481 e. The van der Waals surface area contributed by atoms with Gasteiger partial charge in [0, 0.05) is 5.56 Å². The molecule has 1 aromatic carbocycles. The van der Waals surface area contributed by atoms with Gasteiger partial charge in [0.25, 0.3) is 0 Å². The van der Waals surface area contributed by atoms with Crippen LogP contribution >= 0.6 is 0 Å². The number of aldehydes is 1. The van der Waals surface area contributed by atoms with Crippen LogP contribution in [0.2, 0.25) is 0 Å². The van der Waals surface area contributed by atoms with Crippen molar-refractivity contribution in [3.63, 3.8) is 0 Å². The number of rotatable bonds is 2. The van der Waals surface area contributed by atoms with E-state index < -0.39 is 11.8 Å². The summed E-state index contributed by atoms with van der Waals surface area (Å²) in [6, 6.07) is 3.61. The molecule has 0 fully saturated rings. The van der Waals surface area contributed by atoms with Crippen molar-refractivity contribution in [2.75, 3.05) is 0 Å². The average Bonchev–Trinajstić information content (AvgIpc) is 2.18. The number of hydrogen-bond donors (Lipinski definition) is 1. The van der Waals surface area contributed by atoms with E-state index in [1.54, 1.807) is 0 Å². The van der Waals surface area contributed by atoms with E-state index in [9.17, 15) is 14.0 Å². The highest BCUT2D eigenvalue weighted by Crippen LogP contribution is 2.11. The number of carboxylic acids is 1. The lowest BCUT2D eigenvalue weighted by Gasteiger charge is -2.00. The summed E-state index contributed by atoms with van der Waals surface area (Å²) in [5, 5.41) is 8.57. The second-order valence-corrected chi connectivity index (χ2v) is 2.76. The number of carboxylic acid groups (broad SMARTS) is 1. The molecule has 15 heavy (non-hydrogen) atoms. The van der Waals surface area contributed by atoms with Gasteiger partial charge in [0.1, 0.15) is 5.82 Å². The van der Waals surface area contributed by atoms with Crippen LogP contribution in [0.1, 0.15) is 11.1 Å². The minimum absolute atomic E-state index is 0.226. The second-order valence-electron chi connectivity index (χ2n) is 2.76. The Morgan fingerprint density at radius 1 is 1.53 bits per heavy atom. The first kappa shape index (κ1) is 10.9. The molecule has 0 saturated heterocycles. The van der Waals surface area contributed by atoms with Crippen molar-refractivity contribution >= 4 is 12.3 Å². The summed E-state index contributed by atoms with van der Waals surface area (Å²) in [4.78, 5) is 20.5. The fourth-order valence-electron chi connectivity index (χ4n) is 1.09. The van der Waals surface area contributed by atoms with Gasteiger partial charge in [0.05, 0.1) is 6.42 Å². The van der Waals surface area contributed by atoms with Crippen LogP contribution in [-0.2, 0) is 16.0 Å². The molecule has 4 heteroatoms. The van der Waals surface area contributed by atoms with Gasteiger partial charge in [0.15, 0.2) is 6.29 Å². The third-order valence-electron chi connectivity index (χ3n) is 1.68. The Balaban J connectivity index is 3.13. The molecule has 0 aromatic heterocycles. The number of aliphatic carboxylic acids is 1. The van der Waals surface area contributed by atoms with Crippen LogP contribution in [0.25, 0.3) is 0 Å². The van der Waals surface area contributed by atoms with Gasteiger partial charge in [-0.05, 0) is 23.6 Å². The second kappa shape index (κ2) is 4.91. The molecular weight excluding hydrogens is 199 g/mol. The van der Waals surface area contributed by atoms with Crippen molar-refractivity contribution in [2.45, 2.75) is 6.42 Å². The summed E-state index contributed by atoms with van der Waals surface area (Å²) in [5.41, 5.74) is 0.614. The Hall–Kier alpha value is -2.15. The number of carbonyl (C=O) groups excluding carboxylic acids is 1. The highest BCUT2D eigenvalue weighted by molar-refractivity contribution is 5.75. The SMILES string of the molecule is O=CC#Cc1cc(F)ccc1CC(=O)O. The molecular formula is C11H7FO3. The predicted molar refractivity (Wildman–Crippen MR) is 50.7 cm³/mol. The summed E-state index contributed by atoms with van der Waals surface area (Å²) >= 11 is 0. The van der Waals surface area contributed by atoms with E-state index in [-0.39, 0.29) is 12.0 Å². The van der Waals surface area contributed by atoms with Crippen LogP contribution in [0.5, 0.6) is 0 Å². The van der Waals surface area contributed by atoms with Crippen LogP contribution in [-0.4, -0.2) is 17.4 Å². The van der Waals surface area contributed by atoms with Crippen molar-refractivity contribution in [3.8, 4) is 11.8 Å². The fourth-order valence-corrected chi connectivity index (χ4v) is 1.09. The van der Waals surface area contributed by atoms with Crippen LogP contribution in [0, 0.1) is 17.7 Å². The highest BCUT2D eigenvalue weighted by atomic mass is 19.1. The molecule has 0 bridgehead atoms. The summed E-state index contributed by atoms with van der Waals surface area (Å²) in [5.74, 6) is 2.96. The van der Waals surface area contributed by atoms with Crippen molar-refractivity contribution in [1.82, 2.24) is 0 Å². The van der Waals surface area contributed by atoms with Gasteiger partial charge in [-0.3, -0.25) is 9.59 Å². The molecule has 0 unspecified atom stereocenters. The first-order chi connectivity index (χ1) is 7.13. The minimum Gasteiger partial charge on any atom is -0.481 e. The van der Waals surface area contributed by atoms with Crippen LogP contribution in [0.4, 0.5) is 4.39 Å². The molecule has 0 aliphatic carbocycles. The third kappa shape index (κ3) is 3.24. The molecule has 0 aliphatic heterocycles. The van der Waals surface area contributed by atoms with E-state index in [1.165, 1.54) is 6.07 Å². The average molecular weight is 206 g/mol. The zero-order chi connectivity index (χ0) is 11.3. The van der Waals surface area contributed by atoms with E-state index in [0.29, 0.717) is 11.8 Å². The van der Waals surface area contributed by atoms with Crippen LogP contribution in [0.3, 0.4) is 0 Å². The molecule has 0 atom stereocenters.